The van der Waals surface area contributed by atoms with Gasteiger partial charge >= 0.3 is 5.97 Å². The van der Waals surface area contributed by atoms with Crippen molar-refractivity contribution >= 4 is 11.9 Å². The molecule has 0 radical (unpaired) electrons. The Balaban J connectivity index is 2.00. The number of carboxylic acids is 1. The molecule has 1 saturated carbocycles. The average molecular weight is 248 g/mol. The largest absolute Gasteiger partial charge is 0.477 e. The maximum absolute atomic E-state index is 11.9. The number of carbonyl (C=O) groups excluding carboxylic acids is 1. The molecule has 1 aromatic heterocycles. The van der Waals surface area contributed by atoms with Crippen molar-refractivity contribution in [2.24, 2.45) is 5.41 Å². The number of aromatic nitrogens is 1. The first-order valence-corrected chi connectivity index (χ1v) is 6.04. The highest BCUT2D eigenvalue weighted by molar-refractivity contribution is 5.96. The molecule has 1 heterocycles. The number of nitrogens with zero attached hydrogens (tertiary/aromatic N) is 1. The average Bonchev–Trinajstić information content (AvgIpc) is 3.17. The lowest BCUT2D eigenvalue weighted by molar-refractivity contribution is 0.0690. The summed E-state index contributed by atoms with van der Waals surface area (Å²) in [6.07, 6.45) is 4.70. The fourth-order valence-corrected chi connectivity index (χ4v) is 1.89. The van der Waals surface area contributed by atoms with Crippen LogP contribution in [-0.2, 0) is 0 Å². The maximum Gasteiger partial charge on any atom is 0.354 e. The SMILES string of the molecule is CCC1(CNC(=O)c2ccnc(C(=O)O)c2)CC1. The zero-order valence-corrected chi connectivity index (χ0v) is 10.3. The smallest absolute Gasteiger partial charge is 0.354 e. The lowest BCUT2D eigenvalue weighted by Crippen LogP contribution is -2.30. The van der Waals surface area contributed by atoms with E-state index in [4.69, 9.17) is 5.11 Å². The van der Waals surface area contributed by atoms with Gasteiger partial charge in [-0.05, 0) is 36.8 Å². The van der Waals surface area contributed by atoms with E-state index >= 15 is 0 Å². The monoisotopic (exact) mass is 248 g/mol. The van der Waals surface area contributed by atoms with Gasteiger partial charge in [0.15, 0.2) is 0 Å². The summed E-state index contributed by atoms with van der Waals surface area (Å²) in [5, 5.41) is 11.7. The molecule has 1 fully saturated rings. The molecule has 0 aromatic carbocycles. The maximum atomic E-state index is 11.9. The third kappa shape index (κ3) is 2.67. The molecule has 0 spiro atoms. The number of hydrogen-bond acceptors (Lipinski definition) is 3. The van der Waals surface area contributed by atoms with Crippen LogP contribution in [0.2, 0.25) is 0 Å². The highest BCUT2D eigenvalue weighted by Gasteiger charge is 2.40. The van der Waals surface area contributed by atoms with E-state index in [9.17, 15) is 9.59 Å². The fourth-order valence-electron chi connectivity index (χ4n) is 1.89. The van der Waals surface area contributed by atoms with E-state index in [1.165, 1.54) is 18.3 Å². The van der Waals surface area contributed by atoms with Crippen molar-refractivity contribution in [1.29, 1.82) is 0 Å². The van der Waals surface area contributed by atoms with Gasteiger partial charge in [-0.25, -0.2) is 9.78 Å². The van der Waals surface area contributed by atoms with E-state index in [1.807, 2.05) is 0 Å². The van der Waals surface area contributed by atoms with Gasteiger partial charge in [-0.1, -0.05) is 6.92 Å². The standard InChI is InChI=1S/C13H16N2O3/c1-2-13(4-5-13)8-15-11(16)9-3-6-14-10(7-9)12(17)18/h3,6-7H,2,4-5,8H2,1H3,(H,15,16)(H,17,18). The number of carbonyl (C=O) groups is 2. The summed E-state index contributed by atoms with van der Waals surface area (Å²) in [6, 6.07) is 2.82. The molecule has 1 aliphatic carbocycles. The van der Waals surface area contributed by atoms with Crippen LogP contribution in [0.25, 0.3) is 0 Å². The van der Waals surface area contributed by atoms with Crippen LogP contribution >= 0.6 is 0 Å². The Morgan fingerprint density at radius 3 is 2.78 bits per heavy atom. The Bertz CT molecular complexity index is 481. The van der Waals surface area contributed by atoms with Gasteiger partial charge in [0.2, 0.25) is 0 Å². The van der Waals surface area contributed by atoms with Gasteiger partial charge < -0.3 is 10.4 Å². The predicted molar refractivity (Wildman–Crippen MR) is 65.5 cm³/mol. The summed E-state index contributed by atoms with van der Waals surface area (Å²) in [4.78, 5) is 26.3. The minimum Gasteiger partial charge on any atom is -0.477 e. The van der Waals surface area contributed by atoms with Gasteiger partial charge in [0.05, 0.1) is 0 Å². The van der Waals surface area contributed by atoms with E-state index < -0.39 is 5.97 Å². The Morgan fingerprint density at radius 2 is 2.22 bits per heavy atom. The third-order valence-corrected chi connectivity index (χ3v) is 3.57. The highest BCUT2D eigenvalue weighted by Crippen LogP contribution is 2.47. The first-order valence-electron chi connectivity index (χ1n) is 6.04. The van der Waals surface area contributed by atoms with Crippen LogP contribution in [0.1, 0.15) is 47.0 Å². The first-order chi connectivity index (χ1) is 8.56. The van der Waals surface area contributed by atoms with Crippen molar-refractivity contribution in [3.63, 3.8) is 0 Å². The van der Waals surface area contributed by atoms with Crippen molar-refractivity contribution in [3.05, 3.63) is 29.6 Å². The normalized spacial score (nSPS) is 16.1. The second-order valence-electron chi connectivity index (χ2n) is 4.77. The van der Waals surface area contributed by atoms with Crippen LogP contribution in [-0.4, -0.2) is 28.5 Å². The summed E-state index contributed by atoms with van der Waals surface area (Å²) < 4.78 is 0. The molecule has 2 rings (SSSR count). The minimum atomic E-state index is -1.13. The first kappa shape index (κ1) is 12.5. The molecule has 2 N–H and O–H groups in total. The van der Waals surface area contributed by atoms with Crippen LogP contribution < -0.4 is 5.32 Å². The molecular formula is C13H16N2O3. The highest BCUT2D eigenvalue weighted by atomic mass is 16.4. The summed E-state index contributed by atoms with van der Waals surface area (Å²) in [5.41, 5.74) is 0.506. The van der Waals surface area contributed by atoms with E-state index in [2.05, 4.69) is 17.2 Å². The summed E-state index contributed by atoms with van der Waals surface area (Å²) in [6.45, 7) is 2.78. The van der Waals surface area contributed by atoms with Crippen LogP contribution in [0, 0.1) is 5.41 Å². The van der Waals surface area contributed by atoms with Crippen molar-refractivity contribution in [2.75, 3.05) is 6.54 Å². The zero-order chi connectivity index (χ0) is 13.2. The molecule has 18 heavy (non-hydrogen) atoms. The second kappa shape index (κ2) is 4.76. The fraction of sp³-hybridized carbons (Fsp3) is 0.462. The number of pyridine rings is 1. The molecule has 5 nitrogen and oxygen atoms in total. The van der Waals surface area contributed by atoms with Gasteiger partial charge in [0.25, 0.3) is 5.91 Å². The van der Waals surface area contributed by atoms with E-state index in [0.717, 1.165) is 19.3 Å². The van der Waals surface area contributed by atoms with Crippen molar-refractivity contribution in [3.8, 4) is 0 Å². The molecular weight excluding hydrogens is 232 g/mol. The Morgan fingerprint density at radius 1 is 1.50 bits per heavy atom. The lowest BCUT2D eigenvalue weighted by Gasteiger charge is -2.13. The topological polar surface area (TPSA) is 79.3 Å². The third-order valence-electron chi connectivity index (χ3n) is 3.57. The Hall–Kier alpha value is -1.91. The number of amides is 1. The summed E-state index contributed by atoms with van der Waals surface area (Å²) in [5.74, 6) is -1.36. The van der Waals surface area contributed by atoms with E-state index in [1.54, 1.807) is 0 Å². The number of carboxylic acid groups (broad SMARTS) is 1. The quantitative estimate of drug-likeness (QED) is 0.831. The molecule has 0 aliphatic heterocycles. The van der Waals surface area contributed by atoms with Crippen LogP contribution in [0.4, 0.5) is 0 Å². The van der Waals surface area contributed by atoms with Crippen LogP contribution in [0.5, 0.6) is 0 Å². The Kier molecular flexibility index (Phi) is 3.32. The van der Waals surface area contributed by atoms with Crippen molar-refractivity contribution in [1.82, 2.24) is 10.3 Å². The summed E-state index contributed by atoms with van der Waals surface area (Å²) >= 11 is 0. The number of hydrogen-bond donors (Lipinski definition) is 2. The number of nitrogens with one attached hydrogen (secondary N) is 1. The number of rotatable bonds is 5. The van der Waals surface area contributed by atoms with Crippen molar-refractivity contribution < 1.29 is 14.7 Å². The van der Waals surface area contributed by atoms with Gasteiger partial charge in [-0.2, -0.15) is 0 Å². The van der Waals surface area contributed by atoms with Gasteiger partial charge in [-0.3, -0.25) is 4.79 Å². The Labute approximate surface area is 105 Å². The molecule has 0 bridgehead atoms. The predicted octanol–water partition coefficient (Wildman–Crippen LogP) is 1.70. The lowest BCUT2D eigenvalue weighted by atomic mass is 10.0. The van der Waals surface area contributed by atoms with E-state index in [0.29, 0.717) is 12.1 Å². The second-order valence-corrected chi connectivity index (χ2v) is 4.77. The van der Waals surface area contributed by atoms with E-state index in [-0.39, 0.29) is 17.0 Å². The number of aromatic carboxylic acids is 1. The van der Waals surface area contributed by atoms with Gasteiger partial charge in [-0.15, -0.1) is 0 Å². The van der Waals surface area contributed by atoms with Gasteiger partial charge in [0, 0.05) is 18.3 Å². The van der Waals surface area contributed by atoms with Crippen LogP contribution in [0.15, 0.2) is 18.3 Å². The molecule has 96 valence electrons. The molecule has 0 saturated heterocycles. The minimum absolute atomic E-state index is 0.112. The molecule has 1 aliphatic rings. The molecule has 1 aromatic rings. The molecule has 1 amide bonds. The van der Waals surface area contributed by atoms with Crippen LogP contribution in [0.3, 0.4) is 0 Å². The van der Waals surface area contributed by atoms with Gasteiger partial charge in [0.1, 0.15) is 5.69 Å². The van der Waals surface area contributed by atoms with Crippen molar-refractivity contribution in [2.45, 2.75) is 26.2 Å². The molecule has 5 heteroatoms. The zero-order valence-electron chi connectivity index (χ0n) is 10.3. The molecule has 0 atom stereocenters. The summed E-state index contributed by atoms with van der Waals surface area (Å²) in [7, 11) is 0. The molecule has 0 unspecified atom stereocenters.